The molecule has 0 bridgehead atoms. The van der Waals surface area contributed by atoms with Gasteiger partial charge in [0.25, 0.3) is 0 Å². The van der Waals surface area contributed by atoms with Crippen molar-refractivity contribution in [2.75, 3.05) is 0 Å². The van der Waals surface area contributed by atoms with Gasteiger partial charge in [-0.15, -0.1) is 5.10 Å². The maximum atomic E-state index is 12.9. The maximum absolute atomic E-state index is 12.9. The summed E-state index contributed by atoms with van der Waals surface area (Å²) in [6.07, 6.45) is -4.58. The van der Waals surface area contributed by atoms with Crippen molar-refractivity contribution >= 4 is 0 Å². The van der Waals surface area contributed by atoms with Gasteiger partial charge in [-0.3, -0.25) is 0 Å². The topological polar surface area (TPSA) is 71.2 Å². The van der Waals surface area contributed by atoms with Crippen LogP contribution in [0.1, 0.15) is 11.1 Å². The Bertz CT molecular complexity index is 1220. The van der Waals surface area contributed by atoms with Crippen LogP contribution in [0.2, 0.25) is 0 Å². The molecule has 1 aromatic heterocycles. The van der Waals surface area contributed by atoms with Crippen molar-refractivity contribution in [3.8, 4) is 40.0 Å². The standard InChI is InChI=1S/C22H16F3N3O2/c1-13-6-9-15(10-7-13)28-21(17-4-2-3-5-18(17)29)26-20(27-28)16-11-8-14(12-19(16)30)22(23,24)25/h2-12,29-30H,1H3. The number of phenolic OH excluding ortho intramolecular Hbond substituents is 2. The van der Waals surface area contributed by atoms with Crippen LogP contribution in [0.3, 0.4) is 0 Å². The van der Waals surface area contributed by atoms with Crippen molar-refractivity contribution in [3.05, 3.63) is 77.9 Å². The van der Waals surface area contributed by atoms with Crippen LogP contribution < -0.4 is 0 Å². The molecule has 0 unspecified atom stereocenters. The molecule has 4 rings (SSSR count). The molecule has 0 saturated carbocycles. The second-order valence-electron chi connectivity index (χ2n) is 6.75. The second-order valence-corrected chi connectivity index (χ2v) is 6.75. The molecule has 152 valence electrons. The van der Waals surface area contributed by atoms with Gasteiger partial charge in [0.2, 0.25) is 0 Å². The summed E-state index contributed by atoms with van der Waals surface area (Å²) in [4.78, 5) is 4.41. The van der Waals surface area contributed by atoms with Gasteiger partial charge < -0.3 is 10.2 Å². The molecule has 0 aliphatic rings. The first-order valence-corrected chi connectivity index (χ1v) is 8.97. The van der Waals surface area contributed by atoms with Crippen LogP contribution in [-0.2, 0) is 6.18 Å². The number of benzene rings is 3. The SMILES string of the molecule is Cc1ccc(-n2nc(-c3ccc(C(F)(F)F)cc3O)nc2-c2ccccc2O)cc1. The molecule has 0 atom stereocenters. The van der Waals surface area contributed by atoms with Crippen LogP contribution in [0, 0.1) is 6.92 Å². The number of aromatic nitrogens is 3. The monoisotopic (exact) mass is 411 g/mol. The van der Waals surface area contributed by atoms with Gasteiger partial charge in [0.15, 0.2) is 11.6 Å². The number of alkyl halides is 3. The lowest BCUT2D eigenvalue weighted by Gasteiger charge is -2.08. The van der Waals surface area contributed by atoms with E-state index in [-0.39, 0.29) is 23.0 Å². The van der Waals surface area contributed by atoms with E-state index in [2.05, 4.69) is 10.1 Å². The molecule has 5 nitrogen and oxygen atoms in total. The van der Waals surface area contributed by atoms with Crippen molar-refractivity contribution < 1.29 is 23.4 Å². The molecule has 8 heteroatoms. The Balaban J connectivity index is 1.90. The van der Waals surface area contributed by atoms with Crippen LogP contribution in [-0.4, -0.2) is 25.0 Å². The lowest BCUT2D eigenvalue weighted by molar-refractivity contribution is -0.137. The van der Waals surface area contributed by atoms with Gasteiger partial charge in [-0.2, -0.15) is 13.2 Å². The zero-order chi connectivity index (χ0) is 21.5. The first-order valence-electron chi connectivity index (χ1n) is 8.97. The molecule has 0 saturated heterocycles. The highest BCUT2D eigenvalue weighted by molar-refractivity contribution is 5.71. The first-order chi connectivity index (χ1) is 14.2. The van der Waals surface area contributed by atoms with Gasteiger partial charge >= 0.3 is 6.18 Å². The maximum Gasteiger partial charge on any atom is 0.416 e. The van der Waals surface area contributed by atoms with Crippen LogP contribution in [0.15, 0.2) is 66.7 Å². The molecule has 3 aromatic carbocycles. The Morgan fingerprint density at radius 3 is 2.17 bits per heavy atom. The average molecular weight is 411 g/mol. The highest BCUT2D eigenvalue weighted by atomic mass is 19.4. The fourth-order valence-corrected chi connectivity index (χ4v) is 3.03. The first kappa shape index (κ1) is 19.5. The number of aryl methyl sites for hydroxylation is 1. The second kappa shape index (κ2) is 7.22. The largest absolute Gasteiger partial charge is 0.507 e. The molecule has 0 aliphatic carbocycles. The third-order valence-electron chi connectivity index (χ3n) is 4.60. The number of nitrogens with zero attached hydrogens (tertiary/aromatic N) is 3. The van der Waals surface area contributed by atoms with E-state index in [0.717, 1.165) is 17.7 Å². The van der Waals surface area contributed by atoms with Gasteiger partial charge in [0, 0.05) is 0 Å². The lowest BCUT2D eigenvalue weighted by atomic mass is 10.1. The highest BCUT2D eigenvalue weighted by Gasteiger charge is 2.31. The van der Waals surface area contributed by atoms with E-state index in [9.17, 15) is 23.4 Å². The quantitative estimate of drug-likeness (QED) is 0.477. The molecular formula is C22H16F3N3O2. The third kappa shape index (κ3) is 3.59. The Labute approximate surface area is 169 Å². The van der Waals surface area contributed by atoms with Gasteiger partial charge in [0.1, 0.15) is 11.5 Å². The minimum atomic E-state index is -4.58. The van der Waals surface area contributed by atoms with E-state index in [4.69, 9.17) is 0 Å². The van der Waals surface area contributed by atoms with E-state index in [1.54, 1.807) is 18.2 Å². The number of phenols is 2. The predicted molar refractivity (Wildman–Crippen MR) is 105 cm³/mol. The van der Waals surface area contributed by atoms with Gasteiger partial charge in [0.05, 0.1) is 22.4 Å². The minimum Gasteiger partial charge on any atom is -0.507 e. The molecule has 0 radical (unpaired) electrons. The summed E-state index contributed by atoms with van der Waals surface area (Å²) in [6, 6.07) is 16.5. The Hall–Kier alpha value is -3.81. The summed E-state index contributed by atoms with van der Waals surface area (Å²) in [5, 5.41) is 24.9. The third-order valence-corrected chi connectivity index (χ3v) is 4.60. The highest BCUT2D eigenvalue weighted by Crippen LogP contribution is 2.37. The molecule has 1 heterocycles. The number of rotatable bonds is 3. The Kier molecular flexibility index (Phi) is 4.69. The minimum absolute atomic E-state index is 0.0264. The normalized spacial score (nSPS) is 11.6. The molecule has 30 heavy (non-hydrogen) atoms. The summed E-state index contributed by atoms with van der Waals surface area (Å²) in [6.45, 7) is 1.93. The van der Waals surface area contributed by atoms with E-state index < -0.39 is 17.5 Å². The van der Waals surface area contributed by atoms with Crippen LogP contribution >= 0.6 is 0 Å². The predicted octanol–water partition coefficient (Wildman–Crippen LogP) is 5.34. The van der Waals surface area contributed by atoms with E-state index in [0.29, 0.717) is 17.3 Å². The van der Waals surface area contributed by atoms with Crippen LogP contribution in [0.25, 0.3) is 28.5 Å². The summed E-state index contributed by atoms with van der Waals surface area (Å²) < 4.78 is 40.2. The number of para-hydroxylation sites is 1. The van der Waals surface area contributed by atoms with Crippen molar-refractivity contribution in [1.82, 2.24) is 14.8 Å². The molecule has 0 fully saturated rings. The summed E-state index contributed by atoms with van der Waals surface area (Å²) in [5.41, 5.74) is 1.14. The average Bonchev–Trinajstić information content (AvgIpc) is 3.13. The fourth-order valence-electron chi connectivity index (χ4n) is 3.03. The number of hydrogen-bond acceptors (Lipinski definition) is 4. The zero-order valence-corrected chi connectivity index (χ0v) is 15.7. The number of halogens is 3. The van der Waals surface area contributed by atoms with Gasteiger partial charge in [-0.05, 0) is 49.4 Å². The smallest absolute Gasteiger partial charge is 0.416 e. The number of hydrogen-bond donors (Lipinski definition) is 2. The van der Waals surface area contributed by atoms with Gasteiger partial charge in [-0.1, -0.05) is 29.8 Å². The zero-order valence-electron chi connectivity index (χ0n) is 15.7. The van der Waals surface area contributed by atoms with E-state index in [1.165, 1.54) is 10.7 Å². The van der Waals surface area contributed by atoms with Gasteiger partial charge in [-0.25, -0.2) is 9.67 Å². The van der Waals surface area contributed by atoms with E-state index >= 15 is 0 Å². The van der Waals surface area contributed by atoms with Crippen molar-refractivity contribution in [2.45, 2.75) is 13.1 Å². The number of aromatic hydroxyl groups is 2. The molecule has 4 aromatic rings. The van der Waals surface area contributed by atoms with Crippen LogP contribution in [0.4, 0.5) is 13.2 Å². The lowest BCUT2D eigenvalue weighted by Crippen LogP contribution is -2.04. The van der Waals surface area contributed by atoms with Crippen molar-refractivity contribution in [2.24, 2.45) is 0 Å². The molecular weight excluding hydrogens is 395 g/mol. The fraction of sp³-hybridized carbons (Fsp3) is 0.0909. The Morgan fingerprint density at radius 1 is 0.833 bits per heavy atom. The molecule has 0 amide bonds. The molecule has 2 N–H and O–H groups in total. The van der Waals surface area contributed by atoms with Crippen molar-refractivity contribution in [3.63, 3.8) is 0 Å². The summed E-state index contributed by atoms with van der Waals surface area (Å²) in [7, 11) is 0. The van der Waals surface area contributed by atoms with E-state index in [1.807, 2.05) is 31.2 Å². The summed E-state index contributed by atoms with van der Waals surface area (Å²) >= 11 is 0. The molecule has 0 spiro atoms. The van der Waals surface area contributed by atoms with Crippen LogP contribution in [0.5, 0.6) is 11.5 Å². The Morgan fingerprint density at radius 2 is 1.53 bits per heavy atom. The van der Waals surface area contributed by atoms with Crippen molar-refractivity contribution in [1.29, 1.82) is 0 Å². The molecule has 0 aliphatic heterocycles. The summed E-state index contributed by atoms with van der Waals surface area (Å²) in [5.74, 6) is -0.303.